The Morgan fingerprint density at radius 3 is 2.94 bits per heavy atom. The molecule has 0 fully saturated rings. The largest absolute Gasteiger partial charge is 0.399 e. The lowest BCUT2D eigenvalue weighted by Crippen LogP contribution is -2.17. The number of H-pyrrole nitrogens is 1. The summed E-state index contributed by atoms with van der Waals surface area (Å²) in [4.78, 5) is 17.9. The average molecular weight is 242 g/mol. The van der Waals surface area contributed by atoms with E-state index >= 15 is 0 Å². The second-order valence-corrected chi connectivity index (χ2v) is 3.84. The van der Waals surface area contributed by atoms with Gasteiger partial charge in [0.05, 0.1) is 18.0 Å². The van der Waals surface area contributed by atoms with Gasteiger partial charge in [-0.15, -0.1) is 0 Å². The summed E-state index contributed by atoms with van der Waals surface area (Å²) in [5.41, 5.74) is 12.4. The Hall–Kier alpha value is -2.83. The van der Waals surface area contributed by atoms with Gasteiger partial charge in [-0.1, -0.05) is 0 Å². The number of rotatable bonds is 1. The standard InChI is InChI=1S/C11H10N6O/c12-7-2-1-6-4-16-17(8(6)3-7)10-9(13)11(18)15-5-14-10/h1-5H,12-13H2,(H,14,15,18). The Bertz CT molecular complexity index is 788. The molecule has 0 atom stereocenters. The van der Waals surface area contributed by atoms with Crippen molar-refractivity contribution in [3.8, 4) is 5.82 Å². The lowest BCUT2D eigenvalue weighted by Gasteiger charge is -2.04. The van der Waals surface area contributed by atoms with Crippen molar-refractivity contribution in [1.29, 1.82) is 0 Å². The van der Waals surface area contributed by atoms with Gasteiger partial charge in [0.15, 0.2) is 5.82 Å². The van der Waals surface area contributed by atoms with Crippen molar-refractivity contribution in [3.63, 3.8) is 0 Å². The topological polar surface area (TPSA) is 116 Å². The molecule has 1 aromatic carbocycles. The first-order chi connectivity index (χ1) is 8.66. The maximum Gasteiger partial charge on any atom is 0.276 e. The number of anilines is 2. The molecule has 90 valence electrons. The molecule has 0 spiro atoms. The minimum atomic E-state index is -0.396. The van der Waals surface area contributed by atoms with Gasteiger partial charge in [-0.2, -0.15) is 5.10 Å². The van der Waals surface area contributed by atoms with Crippen molar-refractivity contribution in [2.24, 2.45) is 0 Å². The molecule has 0 bridgehead atoms. The number of aromatic nitrogens is 4. The Balaban J connectivity index is 2.35. The third-order valence-electron chi connectivity index (χ3n) is 2.66. The van der Waals surface area contributed by atoms with Gasteiger partial charge in [0.25, 0.3) is 5.56 Å². The summed E-state index contributed by atoms with van der Waals surface area (Å²) in [7, 11) is 0. The molecule has 0 unspecified atom stereocenters. The third-order valence-corrected chi connectivity index (χ3v) is 2.66. The Labute approximate surface area is 101 Å². The number of nitrogens with zero attached hydrogens (tertiary/aromatic N) is 3. The highest BCUT2D eigenvalue weighted by molar-refractivity contribution is 5.83. The van der Waals surface area contributed by atoms with Gasteiger partial charge >= 0.3 is 0 Å². The molecule has 18 heavy (non-hydrogen) atoms. The Morgan fingerprint density at radius 1 is 1.28 bits per heavy atom. The molecule has 2 heterocycles. The molecule has 0 radical (unpaired) electrons. The predicted molar refractivity (Wildman–Crippen MR) is 68.3 cm³/mol. The highest BCUT2D eigenvalue weighted by Gasteiger charge is 2.11. The number of nitrogens with one attached hydrogen (secondary N) is 1. The lowest BCUT2D eigenvalue weighted by atomic mass is 10.2. The average Bonchev–Trinajstić information content (AvgIpc) is 2.75. The second-order valence-electron chi connectivity index (χ2n) is 3.84. The highest BCUT2D eigenvalue weighted by Crippen LogP contribution is 2.20. The van der Waals surface area contributed by atoms with Crippen LogP contribution >= 0.6 is 0 Å². The molecule has 0 aliphatic heterocycles. The van der Waals surface area contributed by atoms with Crippen molar-refractivity contribution in [1.82, 2.24) is 19.7 Å². The second kappa shape index (κ2) is 3.59. The first kappa shape index (κ1) is 10.3. The molecule has 7 nitrogen and oxygen atoms in total. The monoisotopic (exact) mass is 242 g/mol. The van der Waals surface area contributed by atoms with Gasteiger partial charge in [-0.3, -0.25) is 4.79 Å². The molecule has 0 saturated heterocycles. The Morgan fingerprint density at radius 2 is 2.11 bits per heavy atom. The molecular weight excluding hydrogens is 232 g/mol. The smallest absolute Gasteiger partial charge is 0.276 e. The van der Waals surface area contributed by atoms with E-state index < -0.39 is 5.56 Å². The third kappa shape index (κ3) is 1.41. The van der Waals surface area contributed by atoms with E-state index in [-0.39, 0.29) is 5.69 Å². The maximum atomic E-state index is 11.5. The fraction of sp³-hybridized carbons (Fsp3) is 0. The van der Waals surface area contributed by atoms with Crippen molar-refractivity contribution >= 4 is 22.3 Å². The molecule has 3 aromatic rings. The normalized spacial score (nSPS) is 10.9. The first-order valence-electron chi connectivity index (χ1n) is 5.23. The molecule has 0 aliphatic rings. The van der Waals surface area contributed by atoms with Crippen molar-refractivity contribution in [2.45, 2.75) is 0 Å². The van der Waals surface area contributed by atoms with Gasteiger partial charge in [-0.25, -0.2) is 9.67 Å². The summed E-state index contributed by atoms with van der Waals surface area (Å²) in [5.74, 6) is 0.291. The van der Waals surface area contributed by atoms with E-state index in [0.29, 0.717) is 11.5 Å². The van der Waals surface area contributed by atoms with E-state index in [4.69, 9.17) is 11.5 Å². The first-order valence-corrected chi connectivity index (χ1v) is 5.23. The van der Waals surface area contributed by atoms with E-state index in [1.807, 2.05) is 6.07 Å². The highest BCUT2D eigenvalue weighted by atomic mass is 16.1. The number of aromatic amines is 1. The van der Waals surface area contributed by atoms with Crippen LogP contribution in [0.2, 0.25) is 0 Å². The van der Waals surface area contributed by atoms with Gasteiger partial charge in [0.2, 0.25) is 0 Å². The fourth-order valence-electron chi connectivity index (χ4n) is 1.77. The summed E-state index contributed by atoms with van der Waals surface area (Å²) in [5, 5.41) is 5.07. The molecule has 0 amide bonds. The fourth-order valence-corrected chi connectivity index (χ4v) is 1.77. The van der Waals surface area contributed by atoms with Crippen LogP contribution in [0.25, 0.3) is 16.7 Å². The molecule has 5 N–H and O–H groups in total. The minimum absolute atomic E-state index is 0.0184. The lowest BCUT2D eigenvalue weighted by molar-refractivity contribution is 0.865. The zero-order valence-corrected chi connectivity index (χ0v) is 9.29. The van der Waals surface area contributed by atoms with Crippen LogP contribution in [0.15, 0.2) is 35.5 Å². The van der Waals surface area contributed by atoms with Crippen molar-refractivity contribution in [2.75, 3.05) is 11.5 Å². The van der Waals surface area contributed by atoms with E-state index in [0.717, 1.165) is 10.9 Å². The number of fused-ring (bicyclic) bond motifs is 1. The number of hydrogen-bond donors (Lipinski definition) is 3. The Kier molecular flexibility index (Phi) is 2.06. The van der Waals surface area contributed by atoms with Crippen LogP contribution in [0.3, 0.4) is 0 Å². The van der Waals surface area contributed by atoms with Crippen LogP contribution < -0.4 is 17.0 Å². The number of hydrogen-bond acceptors (Lipinski definition) is 5. The number of nitrogen functional groups attached to an aromatic ring is 2. The molecule has 2 aromatic heterocycles. The van der Waals surface area contributed by atoms with Crippen LogP contribution in [0, 0.1) is 0 Å². The van der Waals surface area contributed by atoms with Gasteiger partial charge < -0.3 is 16.5 Å². The zero-order chi connectivity index (χ0) is 12.7. The number of benzene rings is 1. The van der Waals surface area contributed by atoms with Crippen molar-refractivity contribution < 1.29 is 0 Å². The summed E-state index contributed by atoms with van der Waals surface area (Å²) in [6, 6.07) is 5.38. The zero-order valence-electron chi connectivity index (χ0n) is 9.29. The molecule has 3 rings (SSSR count). The molecule has 7 heteroatoms. The maximum absolute atomic E-state index is 11.5. The van der Waals surface area contributed by atoms with E-state index in [1.165, 1.54) is 11.0 Å². The van der Waals surface area contributed by atoms with Crippen LogP contribution in [0.1, 0.15) is 0 Å². The molecule has 0 aliphatic carbocycles. The minimum Gasteiger partial charge on any atom is -0.399 e. The van der Waals surface area contributed by atoms with Crippen molar-refractivity contribution in [3.05, 3.63) is 41.1 Å². The van der Waals surface area contributed by atoms with E-state index in [2.05, 4.69) is 15.1 Å². The van der Waals surface area contributed by atoms with E-state index in [9.17, 15) is 4.79 Å². The summed E-state index contributed by atoms with van der Waals surface area (Å²) >= 11 is 0. The van der Waals surface area contributed by atoms with Crippen LogP contribution in [0.4, 0.5) is 11.4 Å². The quantitative estimate of drug-likeness (QED) is 0.530. The molecule has 0 saturated carbocycles. The molecular formula is C11H10N6O. The van der Waals surface area contributed by atoms with Gasteiger partial charge in [-0.05, 0) is 18.2 Å². The van der Waals surface area contributed by atoms with Gasteiger partial charge in [0, 0.05) is 11.1 Å². The predicted octanol–water partition coefficient (Wildman–Crippen LogP) is 0.273. The van der Waals surface area contributed by atoms with Gasteiger partial charge in [0.1, 0.15) is 5.69 Å². The van der Waals surface area contributed by atoms with Crippen LogP contribution in [-0.2, 0) is 0 Å². The summed E-state index contributed by atoms with van der Waals surface area (Å²) < 4.78 is 1.50. The summed E-state index contributed by atoms with van der Waals surface area (Å²) in [6.07, 6.45) is 2.95. The SMILES string of the molecule is Nc1ccc2cnn(-c3nc[nH]c(=O)c3N)c2c1. The summed E-state index contributed by atoms with van der Waals surface area (Å²) in [6.45, 7) is 0. The van der Waals surface area contributed by atoms with Crippen LogP contribution in [-0.4, -0.2) is 19.7 Å². The number of nitrogens with two attached hydrogens (primary N) is 2. The van der Waals surface area contributed by atoms with Crippen LogP contribution in [0.5, 0.6) is 0 Å². The van der Waals surface area contributed by atoms with E-state index in [1.54, 1.807) is 18.3 Å².